The van der Waals surface area contributed by atoms with Crippen molar-refractivity contribution in [3.63, 3.8) is 0 Å². The summed E-state index contributed by atoms with van der Waals surface area (Å²) in [5, 5.41) is 1.25. The maximum atomic E-state index is 16.1. The van der Waals surface area contributed by atoms with Gasteiger partial charge in [-0.1, -0.05) is 30.3 Å². The van der Waals surface area contributed by atoms with E-state index in [-0.39, 0.29) is 35.4 Å². The smallest absolute Gasteiger partial charge is 0.410 e. The average Bonchev–Trinajstić information content (AvgIpc) is 3.54. The van der Waals surface area contributed by atoms with Gasteiger partial charge < -0.3 is 19.3 Å². The van der Waals surface area contributed by atoms with Crippen molar-refractivity contribution in [2.24, 2.45) is 0 Å². The Morgan fingerprint density at radius 3 is 2.57 bits per heavy atom. The van der Waals surface area contributed by atoms with E-state index in [1.807, 2.05) is 32.6 Å². The standard InChI is InChI=1S/C35H39F3N6O3/c1-21-18-42(33(45)47-34(2,3)4)14-15-44(21)31-25-16-27(38)29(24-10-5-8-22-9-6-11-26(37)28(22)24)39-30(25)40-32(41-31)46-20-35-12-7-13-43(35)19-23(36)17-35/h5-6,8-11,16,21,23H,7,12-15,17-20H2,1-4H3/t21-,23-,35+/m1/s1. The van der Waals surface area contributed by atoms with Gasteiger partial charge in [0.25, 0.3) is 0 Å². The van der Waals surface area contributed by atoms with Crippen LogP contribution in [0.4, 0.5) is 23.8 Å². The van der Waals surface area contributed by atoms with Gasteiger partial charge >= 0.3 is 12.1 Å². The summed E-state index contributed by atoms with van der Waals surface area (Å²) < 4.78 is 57.5. The second-order valence-corrected chi connectivity index (χ2v) is 14.0. The number of anilines is 1. The highest BCUT2D eigenvalue weighted by atomic mass is 19.1. The molecule has 1 amide bonds. The molecule has 9 nitrogen and oxygen atoms in total. The summed E-state index contributed by atoms with van der Waals surface area (Å²) >= 11 is 0. The first-order chi connectivity index (χ1) is 22.4. The number of hydrogen-bond acceptors (Lipinski definition) is 8. The Morgan fingerprint density at radius 2 is 1.81 bits per heavy atom. The third kappa shape index (κ3) is 5.92. The number of hydrogen-bond donors (Lipinski definition) is 0. The molecule has 2 aromatic heterocycles. The molecule has 0 radical (unpaired) electrons. The summed E-state index contributed by atoms with van der Waals surface area (Å²) in [6, 6.07) is 11.0. The number of pyridine rings is 1. The molecule has 5 heterocycles. The summed E-state index contributed by atoms with van der Waals surface area (Å²) in [6.07, 6.45) is 0.853. The van der Waals surface area contributed by atoms with Crippen LogP contribution in [0.3, 0.4) is 0 Å². The SMILES string of the molecule is C[C@@H]1CN(C(=O)OC(C)(C)C)CCN1c1nc(OC[C@@]23CCCN2C[C@H](F)C3)nc2nc(-c3cccc4cccc(F)c34)c(F)cc12. The summed E-state index contributed by atoms with van der Waals surface area (Å²) in [7, 11) is 0. The first-order valence-electron chi connectivity index (χ1n) is 16.2. The first-order valence-corrected chi connectivity index (χ1v) is 16.2. The van der Waals surface area contributed by atoms with E-state index in [2.05, 4.69) is 14.9 Å². The van der Waals surface area contributed by atoms with E-state index in [9.17, 15) is 9.18 Å². The third-order valence-electron chi connectivity index (χ3n) is 9.49. The van der Waals surface area contributed by atoms with Crippen LogP contribution in [0.5, 0.6) is 6.01 Å². The highest BCUT2D eigenvalue weighted by molar-refractivity contribution is 5.98. The van der Waals surface area contributed by atoms with Crippen LogP contribution in [0.2, 0.25) is 0 Å². The lowest BCUT2D eigenvalue weighted by Crippen LogP contribution is -2.55. The summed E-state index contributed by atoms with van der Waals surface area (Å²) in [5.41, 5.74) is -0.597. The van der Waals surface area contributed by atoms with Crippen molar-refractivity contribution < 1.29 is 27.4 Å². The van der Waals surface area contributed by atoms with Crippen LogP contribution >= 0.6 is 0 Å². The molecular formula is C35H39F3N6O3. The lowest BCUT2D eigenvalue weighted by Gasteiger charge is -2.41. The van der Waals surface area contributed by atoms with Crippen molar-refractivity contribution in [2.45, 2.75) is 70.3 Å². The van der Waals surface area contributed by atoms with Crippen molar-refractivity contribution in [3.8, 4) is 17.3 Å². The lowest BCUT2D eigenvalue weighted by molar-refractivity contribution is 0.0218. The van der Waals surface area contributed by atoms with Gasteiger partial charge in [0.2, 0.25) is 0 Å². The second kappa shape index (κ2) is 11.8. The van der Waals surface area contributed by atoms with Crippen LogP contribution in [0.25, 0.3) is 33.1 Å². The summed E-state index contributed by atoms with van der Waals surface area (Å²) in [5.74, 6) is -0.710. The Hall–Kier alpha value is -4.19. The molecule has 0 saturated carbocycles. The number of rotatable bonds is 5. The maximum absolute atomic E-state index is 16.1. The Bertz CT molecular complexity index is 1850. The molecule has 4 aromatic rings. The van der Waals surface area contributed by atoms with E-state index in [0.29, 0.717) is 54.8 Å². The van der Waals surface area contributed by atoms with Gasteiger partial charge in [0, 0.05) is 49.6 Å². The number of ether oxygens (including phenoxy) is 2. The number of aromatic nitrogens is 3. The second-order valence-electron chi connectivity index (χ2n) is 14.0. The third-order valence-corrected chi connectivity index (χ3v) is 9.49. The minimum atomic E-state index is -0.914. The fourth-order valence-electron chi connectivity index (χ4n) is 7.37. The number of carbonyl (C=O) groups is 1. The predicted molar refractivity (Wildman–Crippen MR) is 173 cm³/mol. The van der Waals surface area contributed by atoms with E-state index in [1.54, 1.807) is 35.2 Å². The molecule has 2 aromatic carbocycles. The van der Waals surface area contributed by atoms with Gasteiger partial charge in [-0.05, 0) is 64.6 Å². The molecule has 12 heteroatoms. The number of benzene rings is 2. The molecule has 3 atom stereocenters. The predicted octanol–water partition coefficient (Wildman–Crippen LogP) is 6.52. The van der Waals surface area contributed by atoms with Crippen LogP contribution in [-0.4, -0.2) is 93.5 Å². The Balaban J connectivity index is 1.29. The molecule has 3 fully saturated rings. The van der Waals surface area contributed by atoms with Crippen LogP contribution < -0.4 is 9.64 Å². The highest BCUT2D eigenvalue weighted by Gasteiger charge is 2.49. The molecule has 3 aliphatic heterocycles. The van der Waals surface area contributed by atoms with Crippen molar-refractivity contribution in [2.75, 3.05) is 44.2 Å². The van der Waals surface area contributed by atoms with Crippen LogP contribution in [0.15, 0.2) is 42.5 Å². The molecule has 0 bridgehead atoms. The van der Waals surface area contributed by atoms with E-state index >= 15 is 8.78 Å². The van der Waals surface area contributed by atoms with Crippen molar-refractivity contribution in [3.05, 3.63) is 54.1 Å². The molecule has 0 N–H and O–H groups in total. The van der Waals surface area contributed by atoms with Crippen molar-refractivity contribution in [1.29, 1.82) is 0 Å². The van der Waals surface area contributed by atoms with Gasteiger partial charge in [0.1, 0.15) is 41.5 Å². The zero-order valence-corrected chi connectivity index (χ0v) is 27.1. The largest absolute Gasteiger partial charge is 0.461 e. The quantitative estimate of drug-likeness (QED) is 0.242. The van der Waals surface area contributed by atoms with Crippen molar-refractivity contribution in [1.82, 2.24) is 24.8 Å². The fourth-order valence-corrected chi connectivity index (χ4v) is 7.37. The minimum absolute atomic E-state index is 0.0387. The Labute approximate surface area is 271 Å². The molecule has 3 aliphatic rings. The summed E-state index contributed by atoms with van der Waals surface area (Å²) in [4.78, 5) is 32.7. The Morgan fingerprint density at radius 1 is 1.02 bits per heavy atom. The lowest BCUT2D eigenvalue weighted by atomic mass is 9.95. The van der Waals surface area contributed by atoms with E-state index in [4.69, 9.17) is 14.5 Å². The number of halogens is 3. The van der Waals surface area contributed by atoms with Gasteiger partial charge in [0.15, 0.2) is 5.65 Å². The monoisotopic (exact) mass is 648 g/mol. The van der Waals surface area contributed by atoms with Gasteiger partial charge in [-0.15, -0.1) is 0 Å². The molecule has 0 aliphatic carbocycles. The number of nitrogens with zero attached hydrogens (tertiary/aromatic N) is 6. The minimum Gasteiger partial charge on any atom is -0.461 e. The number of amides is 1. The van der Waals surface area contributed by atoms with E-state index < -0.39 is 35.0 Å². The zero-order chi connectivity index (χ0) is 33.1. The number of carbonyl (C=O) groups excluding carboxylic acids is 1. The van der Waals surface area contributed by atoms with Gasteiger partial charge in [-0.3, -0.25) is 4.90 Å². The maximum Gasteiger partial charge on any atom is 0.410 e. The molecular weight excluding hydrogens is 609 g/mol. The zero-order valence-electron chi connectivity index (χ0n) is 27.1. The average molecular weight is 649 g/mol. The fraction of sp³-hybridized carbons (Fsp3) is 0.486. The van der Waals surface area contributed by atoms with Gasteiger partial charge in [-0.25, -0.2) is 22.9 Å². The number of alkyl halides is 1. The molecule has 7 rings (SSSR count). The highest BCUT2D eigenvalue weighted by Crippen LogP contribution is 2.41. The van der Waals surface area contributed by atoms with Gasteiger partial charge in [-0.2, -0.15) is 9.97 Å². The number of piperazine rings is 1. The van der Waals surface area contributed by atoms with Crippen molar-refractivity contribution >= 4 is 33.7 Å². The van der Waals surface area contributed by atoms with Crippen LogP contribution in [0.1, 0.15) is 47.0 Å². The number of fused-ring (bicyclic) bond motifs is 3. The normalized spacial score (nSPS) is 23.5. The first kappa shape index (κ1) is 31.4. The topological polar surface area (TPSA) is 83.9 Å². The summed E-state index contributed by atoms with van der Waals surface area (Å²) in [6.45, 7) is 9.96. The molecule has 47 heavy (non-hydrogen) atoms. The van der Waals surface area contributed by atoms with Crippen LogP contribution in [-0.2, 0) is 4.74 Å². The molecule has 248 valence electrons. The molecule has 0 unspecified atom stereocenters. The van der Waals surface area contributed by atoms with E-state index in [0.717, 1.165) is 19.4 Å². The molecule has 0 spiro atoms. The van der Waals surface area contributed by atoms with E-state index in [1.165, 1.54) is 12.1 Å². The molecule has 3 saturated heterocycles. The van der Waals surface area contributed by atoms with Gasteiger partial charge in [0.05, 0.1) is 10.9 Å². The Kier molecular flexibility index (Phi) is 7.89. The van der Waals surface area contributed by atoms with Crippen LogP contribution in [0, 0.1) is 11.6 Å².